The Hall–Kier alpha value is -1.48. The van der Waals surface area contributed by atoms with Gasteiger partial charge in [0.15, 0.2) is 0 Å². The SMILES string of the molecule is COc1cccc(CCn2cncc2CCl)c1. The average Bonchev–Trinajstić information content (AvgIpc) is 2.84. The molecule has 0 aliphatic rings. The number of hydrogen-bond acceptors (Lipinski definition) is 2. The van der Waals surface area contributed by atoms with Crippen molar-refractivity contribution in [2.75, 3.05) is 7.11 Å². The molecule has 3 nitrogen and oxygen atoms in total. The second-order valence-corrected chi connectivity index (χ2v) is 4.08. The molecule has 0 bridgehead atoms. The van der Waals surface area contributed by atoms with Gasteiger partial charge in [-0.15, -0.1) is 11.6 Å². The molecule has 0 radical (unpaired) electrons. The minimum Gasteiger partial charge on any atom is -0.497 e. The summed E-state index contributed by atoms with van der Waals surface area (Å²) < 4.78 is 7.27. The van der Waals surface area contributed by atoms with Gasteiger partial charge in [0, 0.05) is 12.7 Å². The summed E-state index contributed by atoms with van der Waals surface area (Å²) in [6, 6.07) is 8.10. The third-order valence-corrected chi connectivity index (χ3v) is 2.98. The fourth-order valence-electron chi connectivity index (χ4n) is 1.74. The van der Waals surface area contributed by atoms with Crippen LogP contribution in [0.4, 0.5) is 0 Å². The quantitative estimate of drug-likeness (QED) is 0.763. The maximum atomic E-state index is 5.82. The molecular formula is C13H15ClN2O. The van der Waals surface area contributed by atoms with Crippen LogP contribution in [-0.2, 0) is 18.8 Å². The van der Waals surface area contributed by atoms with Crippen LogP contribution in [0.3, 0.4) is 0 Å². The summed E-state index contributed by atoms with van der Waals surface area (Å²) in [5.41, 5.74) is 2.30. The molecule has 1 heterocycles. The molecule has 0 aliphatic heterocycles. The monoisotopic (exact) mass is 250 g/mol. The first-order valence-electron chi connectivity index (χ1n) is 5.51. The Morgan fingerprint density at radius 3 is 3.06 bits per heavy atom. The predicted octanol–water partition coefficient (Wildman–Crippen LogP) is 2.87. The minimum absolute atomic E-state index is 0.498. The summed E-state index contributed by atoms with van der Waals surface area (Å²) in [5, 5.41) is 0. The molecule has 0 amide bonds. The third-order valence-electron chi connectivity index (χ3n) is 2.71. The van der Waals surface area contributed by atoms with Gasteiger partial charge in [-0.1, -0.05) is 12.1 Å². The van der Waals surface area contributed by atoms with E-state index in [1.54, 1.807) is 13.3 Å². The zero-order chi connectivity index (χ0) is 12.1. The highest BCUT2D eigenvalue weighted by Gasteiger charge is 2.01. The van der Waals surface area contributed by atoms with Crippen LogP contribution in [0.1, 0.15) is 11.3 Å². The molecular weight excluding hydrogens is 236 g/mol. The number of aromatic nitrogens is 2. The number of ether oxygens (including phenoxy) is 1. The van der Waals surface area contributed by atoms with E-state index in [9.17, 15) is 0 Å². The Morgan fingerprint density at radius 1 is 1.41 bits per heavy atom. The molecule has 2 aromatic rings. The fraction of sp³-hybridized carbons (Fsp3) is 0.308. The van der Waals surface area contributed by atoms with Gasteiger partial charge in [-0.05, 0) is 24.1 Å². The lowest BCUT2D eigenvalue weighted by atomic mass is 10.1. The Balaban J connectivity index is 2.02. The van der Waals surface area contributed by atoms with Crippen molar-refractivity contribution < 1.29 is 4.74 Å². The van der Waals surface area contributed by atoms with Crippen LogP contribution in [0.2, 0.25) is 0 Å². The molecule has 0 spiro atoms. The summed E-state index contributed by atoms with van der Waals surface area (Å²) >= 11 is 5.82. The Bertz CT molecular complexity index is 482. The van der Waals surface area contributed by atoms with Gasteiger partial charge in [-0.2, -0.15) is 0 Å². The summed E-state index contributed by atoms with van der Waals surface area (Å²) in [6.07, 6.45) is 4.56. The number of nitrogens with zero attached hydrogens (tertiary/aromatic N) is 2. The third kappa shape index (κ3) is 3.01. The van der Waals surface area contributed by atoms with E-state index in [1.807, 2.05) is 18.5 Å². The first kappa shape index (κ1) is 12.0. The predicted molar refractivity (Wildman–Crippen MR) is 68.5 cm³/mol. The van der Waals surface area contributed by atoms with E-state index in [0.29, 0.717) is 5.88 Å². The van der Waals surface area contributed by atoms with Crippen LogP contribution in [0, 0.1) is 0 Å². The van der Waals surface area contributed by atoms with Gasteiger partial charge in [-0.25, -0.2) is 4.98 Å². The highest BCUT2D eigenvalue weighted by molar-refractivity contribution is 6.16. The standard InChI is InChI=1S/C13H15ClN2O/c1-17-13-4-2-3-11(7-13)5-6-16-10-15-9-12(16)8-14/h2-4,7,9-10H,5-6,8H2,1H3. The lowest BCUT2D eigenvalue weighted by Crippen LogP contribution is -2.03. The molecule has 0 aliphatic carbocycles. The van der Waals surface area contributed by atoms with Crippen molar-refractivity contribution in [2.24, 2.45) is 0 Å². The number of hydrogen-bond donors (Lipinski definition) is 0. The first-order chi connectivity index (χ1) is 8.33. The van der Waals surface area contributed by atoms with Crippen LogP contribution < -0.4 is 4.74 Å². The summed E-state index contributed by atoms with van der Waals surface area (Å²) in [7, 11) is 1.68. The largest absolute Gasteiger partial charge is 0.497 e. The zero-order valence-electron chi connectivity index (χ0n) is 9.77. The molecule has 0 unspecified atom stereocenters. The van der Waals surface area contributed by atoms with Gasteiger partial charge in [0.25, 0.3) is 0 Å². The molecule has 4 heteroatoms. The van der Waals surface area contributed by atoms with Gasteiger partial charge in [0.1, 0.15) is 5.75 Å². The van der Waals surface area contributed by atoms with Crippen LogP contribution >= 0.6 is 11.6 Å². The normalized spacial score (nSPS) is 10.5. The lowest BCUT2D eigenvalue weighted by Gasteiger charge is -2.07. The molecule has 0 N–H and O–H groups in total. The van der Waals surface area contributed by atoms with Crippen molar-refractivity contribution >= 4 is 11.6 Å². The van der Waals surface area contributed by atoms with Gasteiger partial charge in [-0.3, -0.25) is 0 Å². The Kier molecular flexibility index (Phi) is 4.04. The van der Waals surface area contributed by atoms with Crippen molar-refractivity contribution in [3.63, 3.8) is 0 Å². The fourth-order valence-corrected chi connectivity index (χ4v) is 1.96. The highest BCUT2D eigenvalue weighted by atomic mass is 35.5. The van der Waals surface area contributed by atoms with Crippen LogP contribution in [0.25, 0.3) is 0 Å². The number of methoxy groups -OCH3 is 1. The summed E-state index contributed by atoms with van der Waals surface area (Å²) in [6.45, 7) is 0.884. The van der Waals surface area contributed by atoms with Crippen LogP contribution in [0.5, 0.6) is 5.75 Å². The van der Waals surface area contributed by atoms with E-state index in [1.165, 1.54) is 5.56 Å². The molecule has 0 atom stereocenters. The number of rotatable bonds is 5. The van der Waals surface area contributed by atoms with E-state index < -0.39 is 0 Å². The average molecular weight is 251 g/mol. The van der Waals surface area contributed by atoms with Crippen molar-refractivity contribution in [3.8, 4) is 5.75 Å². The van der Waals surface area contributed by atoms with Gasteiger partial charge in [0.05, 0.1) is 25.0 Å². The van der Waals surface area contributed by atoms with Gasteiger partial charge < -0.3 is 9.30 Å². The number of alkyl halides is 1. The molecule has 0 saturated heterocycles. The topological polar surface area (TPSA) is 27.1 Å². The van der Waals surface area contributed by atoms with Crippen LogP contribution in [0.15, 0.2) is 36.8 Å². The smallest absolute Gasteiger partial charge is 0.119 e. The minimum atomic E-state index is 0.498. The van der Waals surface area contributed by atoms with E-state index in [4.69, 9.17) is 16.3 Å². The lowest BCUT2D eigenvalue weighted by molar-refractivity contribution is 0.414. The van der Waals surface area contributed by atoms with E-state index >= 15 is 0 Å². The maximum Gasteiger partial charge on any atom is 0.119 e. The van der Waals surface area contributed by atoms with E-state index in [2.05, 4.69) is 21.7 Å². The van der Waals surface area contributed by atoms with Gasteiger partial charge >= 0.3 is 0 Å². The number of imidazole rings is 1. The molecule has 17 heavy (non-hydrogen) atoms. The molecule has 90 valence electrons. The van der Waals surface area contributed by atoms with Crippen LogP contribution in [-0.4, -0.2) is 16.7 Å². The maximum absolute atomic E-state index is 5.82. The zero-order valence-corrected chi connectivity index (χ0v) is 10.5. The number of halogens is 1. The first-order valence-corrected chi connectivity index (χ1v) is 6.05. The summed E-state index contributed by atoms with van der Waals surface area (Å²) in [5.74, 6) is 1.39. The van der Waals surface area contributed by atoms with Crippen molar-refractivity contribution in [1.82, 2.24) is 9.55 Å². The number of benzene rings is 1. The molecule has 1 aromatic heterocycles. The molecule has 0 fully saturated rings. The van der Waals surface area contributed by atoms with E-state index in [-0.39, 0.29) is 0 Å². The highest BCUT2D eigenvalue weighted by Crippen LogP contribution is 2.14. The Morgan fingerprint density at radius 2 is 2.29 bits per heavy atom. The van der Waals surface area contributed by atoms with Gasteiger partial charge in [0.2, 0.25) is 0 Å². The molecule has 0 saturated carbocycles. The molecule has 2 rings (SSSR count). The van der Waals surface area contributed by atoms with Crippen molar-refractivity contribution in [1.29, 1.82) is 0 Å². The number of aryl methyl sites for hydroxylation is 2. The van der Waals surface area contributed by atoms with E-state index in [0.717, 1.165) is 24.4 Å². The van der Waals surface area contributed by atoms with Crippen molar-refractivity contribution in [3.05, 3.63) is 48.0 Å². The van der Waals surface area contributed by atoms with Crippen molar-refractivity contribution in [2.45, 2.75) is 18.8 Å². The second kappa shape index (κ2) is 5.73. The summed E-state index contributed by atoms with van der Waals surface area (Å²) in [4.78, 5) is 4.09. The second-order valence-electron chi connectivity index (χ2n) is 3.81. The Labute approximate surface area is 106 Å². The molecule has 1 aromatic carbocycles.